The number of hydrogen-bond donors (Lipinski definition) is 2. The van der Waals surface area contributed by atoms with Gasteiger partial charge in [0.25, 0.3) is 0 Å². The lowest BCUT2D eigenvalue weighted by Crippen LogP contribution is -2.13. The molecule has 0 radical (unpaired) electrons. The van der Waals surface area contributed by atoms with E-state index in [0.717, 1.165) is 13.0 Å². The van der Waals surface area contributed by atoms with Crippen molar-refractivity contribution in [3.63, 3.8) is 0 Å². The van der Waals surface area contributed by atoms with Gasteiger partial charge in [-0.1, -0.05) is 18.9 Å². The molecule has 0 aromatic carbocycles. The van der Waals surface area contributed by atoms with E-state index < -0.39 is 0 Å². The van der Waals surface area contributed by atoms with Crippen LogP contribution < -0.4 is 10.6 Å². The summed E-state index contributed by atoms with van der Waals surface area (Å²) in [6, 6.07) is 0.870. The zero-order valence-corrected chi connectivity index (χ0v) is 9.00. The summed E-state index contributed by atoms with van der Waals surface area (Å²) in [6.45, 7) is 7.75. The third-order valence-electron chi connectivity index (χ3n) is 1.98. The quantitative estimate of drug-likeness (QED) is 0.723. The molecule has 2 N–H and O–H groups in total. The van der Waals surface area contributed by atoms with E-state index in [1.54, 1.807) is 0 Å². The molecule has 0 saturated heterocycles. The van der Waals surface area contributed by atoms with Gasteiger partial charge in [0, 0.05) is 6.04 Å². The van der Waals surface area contributed by atoms with E-state index in [2.05, 4.69) is 34.7 Å². The van der Waals surface area contributed by atoms with E-state index >= 15 is 0 Å². The van der Waals surface area contributed by atoms with Crippen LogP contribution in [0.4, 0.5) is 6.01 Å². The summed E-state index contributed by atoms with van der Waals surface area (Å²) in [5.41, 5.74) is 0. The van der Waals surface area contributed by atoms with Gasteiger partial charge in [0.05, 0.1) is 6.54 Å². The molecule has 0 aliphatic carbocycles. The summed E-state index contributed by atoms with van der Waals surface area (Å²) in [4.78, 5) is 0. The Kier molecular flexibility index (Phi) is 4.39. The molecule has 0 amide bonds. The van der Waals surface area contributed by atoms with Crippen LogP contribution in [0.1, 0.15) is 33.1 Å². The Morgan fingerprint density at radius 1 is 1.36 bits per heavy atom. The molecule has 5 nitrogen and oxygen atoms in total. The van der Waals surface area contributed by atoms with Gasteiger partial charge in [-0.25, -0.2) is 0 Å². The largest absolute Gasteiger partial charge is 0.407 e. The maximum absolute atomic E-state index is 5.36. The molecule has 1 aromatic heterocycles. The molecule has 0 saturated carbocycles. The predicted octanol–water partition coefficient (Wildman–Crippen LogP) is 1.39. The van der Waals surface area contributed by atoms with Crippen molar-refractivity contribution >= 4 is 6.01 Å². The first-order valence-corrected chi connectivity index (χ1v) is 5.05. The molecule has 5 heteroatoms. The number of anilines is 1. The van der Waals surface area contributed by atoms with Crippen molar-refractivity contribution in [2.24, 2.45) is 0 Å². The van der Waals surface area contributed by atoms with Gasteiger partial charge in [-0.2, -0.15) is 0 Å². The molecule has 0 aliphatic rings. The fraction of sp³-hybridized carbons (Fsp3) is 0.778. The first kappa shape index (κ1) is 11.0. The van der Waals surface area contributed by atoms with Crippen LogP contribution in [0.25, 0.3) is 0 Å². The highest BCUT2D eigenvalue weighted by Gasteiger charge is 2.06. The van der Waals surface area contributed by atoms with Gasteiger partial charge in [0.15, 0.2) is 0 Å². The summed E-state index contributed by atoms with van der Waals surface area (Å²) in [7, 11) is 0. The maximum Gasteiger partial charge on any atom is 0.315 e. The second-order valence-electron chi connectivity index (χ2n) is 3.23. The average Bonchev–Trinajstić information content (AvgIpc) is 2.62. The lowest BCUT2D eigenvalue weighted by atomic mass is 10.3. The molecule has 1 aromatic rings. The lowest BCUT2D eigenvalue weighted by Gasteiger charge is -2.06. The first-order valence-electron chi connectivity index (χ1n) is 5.05. The predicted molar refractivity (Wildman–Crippen MR) is 55.1 cm³/mol. The van der Waals surface area contributed by atoms with Crippen molar-refractivity contribution in [3.8, 4) is 0 Å². The minimum Gasteiger partial charge on any atom is -0.407 e. The molecule has 80 valence electrons. The Bertz CT molecular complexity index is 261. The molecular weight excluding hydrogens is 180 g/mol. The van der Waals surface area contributed by atoms with Crippen LogP contribution >= 0.6 is 0 Å². The van der Waals surface area contributed by atoms with Gasteiger partial charge < -0.3 is 15.1 Å². The molecular formula is C9H18N4O. The van der Waals surface area contributed by atoms with Crippen LogP contribution in [-0.4, -0.2) is 22.8 Å². The summed E-state index contributed by atoms with van der Waals surface area (Å²) in [6.07, 6.45) is 1.03. The highest BCUT2D eigenvalue weighted by molar-refractivity contribution is 5.18. The van der Waals surface area contributed by atoms with E-state index in [0.29, 0.717) is 24.5 Å². The molecule has 0 aliphatic heterocycles. The standard InChI is InChI=1S/C9H18N4O/c1-4-7(3)11-9-13-12-8(14-9)6-10-5-2/h7,10H,4-6H2,1-3H3,(H,11,13). The molecule has 1 heterocycles. The average molecular weight is 198 g/mol. The fourth-order valence-corrected chi connectivity index (χ4v) is 0.928. The van der Waals surface area contributed by atoms with E-state index in [1.807, 2.05) is 6.92 Å². The molecule has 1 rings (SSSR count). The topological polar surface area (TPSA) is 63.0 Å². The Balaban J connectivity index is 2.42. The molecule has 0 spiro atoms. The Morgan fingerprint density at radius 3 is 2.79 bits per heavy atom. The molecule has 1 unspecified atom stereocenters. The fourth-order valence-electron chi connectivity index (χ4n) is 0.928. The Labute approximate surface area is 84.3 Å². The number of hydrogen-bond acceptors (Lipinski definition) is 5. The third-order valence-corrected chi connectivity index (χ3v) is 1.98. The first-order chi connectivity index (χ1) is 6.76. The minimum atomic E-state index is 0.363. The summed E-state index contributed by atoms with van der Waals surface area (Å²) in [5, 5.41) is 14.0. The second kappa shape index (κ2) is 5.59. The van der Waals surface area contributed by atoms with Crippen LogP contribution in [0, 0.1) is 0 Å². The minimum absolute atomic E-state index is 0.363. The van der Waals surface area contributed by atoms with E-state index in [-0.39, 0.29) is 0 Å². The zero-order valence-electron chi connectivity index (χ0n) is 9.00. The van der Waals surface area contributed by atoms with Gasteiger partial charge in [-0.05, 0) is 19.9 Å². The smallest absolute Gasteiger partial charge is 0.315 e. The van der Waals surface area contributed by atoms with Crippen LogP contribution in [0.15, 0.2) is 4.42 Å². The van der Waals surface area contributed by atoms with E-state index in [9.17, 15) is 0 Å². The number of aromatic nitrogens is 2. The monoisotopic (exact) mass is 198 g/mol. The Hall–Kier alpha value is -1.10. The van der Waals surface area contributed by atoms with E-state index in [1.165, 1.54) is 0 Å². The van der Waals surface area contributed by atoms with Crippen LogP contribution in [0.5, 0.6) is 0 Å². The highest BCUT2D eigenvalue weighted by Crippen LogP contribution is 2.07. The van der Waals surface area contributed by atoms with Crippen molar-refractivity contribution in [2.45, 2.75) is 39.8 Å². The normalized spacial score (nSPS) is 12.8. The third kappa shape index (κ3) is 3.33. The van der Waals surface area contributed by atoms with Gasteiger partial charge in [-0.3, -0.25) is 0 Å². The van der Waals surface area contributed by atoms with Gasteiger partial charge >= 0.3 is 6.01 Å². The maximum atomic E-state index is 5.36. The molecule has 14 heavy (non-hydrogen) atoms. The van der Waals surface area contributed by atoms with E-state index in [4.69, 9.17) is 4.42 Å². The zero-order chi connectivity index (χ0) is 10.4. The van der Waals surface area contributed by atoms with Gasteiger partial charge in [-0.15, -0.1) is 5.10 Å². The second-order valence-corrected chi connectivity index (χ2v) is 3.23. The van der Waals surface area contributed by atoms with Crippen LogP contribution in [0.2, 0.25) is 0 Å². The van der Waals surface area contributed by atoms with Gasteiger partial charge in [0.1, 0.15) is 0 Å². The van der Waals surface area contributed by atoms with Crippen LogP contribution in [-0.2, 0) is 6.54 Å². The number of rotatable bonds is 6. The van der Waals surface area contributed by atoms with Crippen molar-refractivity contribution in [1.29, 1.82) is 0 Å². The summed E-state index contributed by atoms with van der Waals surface area (Å²) < 4.78 is 5.36. The van der Waals surface area contributed by atoms with Crippen molar-refractivity contribution in [2.75, 3.05) is 11.9 Å². The SMILES string of the molecule is CCNCc1nnc(NC(C)CC)o1. The lowest BCUT2D eigenvalue weighted by molar-refractivity contribution is 0.477. The highest BCUT2D eigenvalue weighted by atomic mass is 16.4. The van der Waals surface area contributed by atoms with Gasteiger partial charge in [0.2, 0.25) is 5.89 Å². The number of nitrogens with one attached hydrogen (secondary N) is 2. The van der Waals surface area contributed by atoms with Crippen molar-refractivity contribution in [1.82, 2.24) is 15.5 Å². The summed E-state index contributed by atoms with van der Waals surface area (Å²) >= 11 is 0. The van der Waals surface area contributed by atoms with Crippen molar-refractivity contribution in [3.05, 3.63) is 5.89 Å². The molecule has 0 bridgehead atoms. The summed E-state index contributed by atoms with van der Waals surface area (Å²) in [5.74, 6) is 0.623. The van der Waals surface area contributed by atoms with Crippen molar-refractivity contribution < 1.29 is 4.42 Å². The molecule has 0 fully saturated rings. The van der Waals surface area contributed by atoms with Crippen LogP contribution in [0.3, 0.4) is 0 Å². The molecule has 1 atom stereocenters. The number of nitrogens with zero attached hydrogens (tertiary/aromatic N) is 2. The Morgan fingerprint density at radius 2 is 2.14 bits per heavy atom.